The van der Waals surface area contributed by atoms with E-state index in [0.29, 0.717) is 33.9 Å². The highest BCUT2D eigenvalue weighted by Crippen LogP contribution is 2.31. The average molecular weight is 467 g/mol. The summed E-state index contributed by atoms with van der Waals surface area (Å²) >= 11 is 0. The van der Waals surface area contributed by atoms with Crippen molar-refractivity contribution in [1.82, 2.24) is 5.32 Å². The molecule has 174 valence electrons. The third kappa shape index (κ3) is 4.75. The lowest BCUT2D eigenvalue weighted by Crippen LogP contribution is -2.54. The van der Waals surface area contributed by atoms with Gasteiger partial charge in [0.05, 0.1) is 24.4 Å². The Labute approximate surface area is 202 Å². The fraction of sp³-hybridized carbons (Fsp3) is 0.111. The van der Waals surface area contributed by atoms with E-state index in [-0.39, 0.29) is 12.2 Å². The number of anilines is 1. The maximum Gasteiger partial charge on any atom is 0.335 e. The molecule has 1 aliphatic heterocycles. The van der Waals surface area contributed by atoms with Gasteiger partial charge < -0.3 is 9.47 Å². The molecule has 35 heavy (non-hydrogen) atoms. The zero-order valence-corrected chi connectivity index (χ0v) is 19.1. The van der Waals surface area contributed by atoms with E-state index in [2.05, 4.69) is 11.4 Å². The van der Waals surface area contributed by atoms with Gasteiger partial charge in [-0.2, -0.15) is 5.26 Å². The van der Waals surface area contributed by atoms with Crippen LogP contribution in [0.4, 0.5) is 10.5 Å². The largest absolute Gasteiger partial charge is 0.493 e. The number of carbonyl (C=O) groups is 3. The number of amides is 4. The summed E-state index contributed by atoms with van der Waals surface area (Å²) in [5.41, 5.74) is 2.67. The molecule has 0 radical (unpaired) electrons. The maximum absolute atomic E-state index is 13.1. The molecule has 8 nitrogen and oxygen atoms in total. The van der Waals surface area contributed by atoms with Crippen LogP contribution < -0.4 is 19.7 Å². The van der Waals surface area contributed by atoms with Crippen molar-refractivity contribution < 1.29 is 23.9 Å². The molecular formula is C27H21N3O5. The van der Waals surface area contributed by atoms with Gasteiger partial charge in [0.25, 0.3) is 11.8 Å². The monoisotopic (exact) mass is 467 g/mol. The Morgan fingerprint density at radius 3 is 2.49 bits per heavy atom. The van der Waals surface area contributed by atoms with Crippen LogP contribution in [0.5, 0.6) is 11.5 Å². The van der Waals surface area contributed by atoms with Crippen LogP contribution in [0, 0.1) is 18.3 Å². The number of urea groups is 1. The van der Waals surface area contributed by atoms with Crippen molar-refractivity contribution in [3.63, 3.8) is 0 Å². The van der Waals surface area contributed by atoms with E-state index in [4.69, 9.17) is 9.47 Å². The van der Waals surface area contributed by atoms with Gasteiger partial charge in [0, 0.05) is 5.56 Å². The molecule has 4 amide bonds. The van der Waals surface area contributed by atoms with Gasteiger partial charge in [0.2, 0.25) is 0 Å². The number of rotatable bonds is 6. The fourth-order valence-corrected chi connectivity index (χ4v) is 3.66. The van der Waals surface area contributed by atoms with Crippen molar-refractivity contribution in [2.45, 2.75) is 13.5 Å². The Balaban J connectivity index is 1.61. The number of benzene rings is 3. The molecule has 0 aromatic heterocycles. The molecule has 3 aromatic rings. The molecule has 8 heteroatoms. The second-order valence-electron chi connectivity index (χ2n) is 7.71. The molecule has 1 aliphatic rings. The number of nitrogens with zero attached hydrogens (tertiary/aromatic N) is 2. The minimum atomic E-state index is -0.801. The number of nitrogens with one attached hydrogen (secondary N) is 1. The first kappa shape index (κ1) is 23.3. The number of imide groups is 2. The number of para-hydroxylation sites is 1. The zero-order valence-electron chi connectivity index (χ0n) is 19.1. The maximum atomic E-state index is 13.1. The van der Waals surface area contributed by atoms with Crippen molar-refractivity contribution in [2.24, 2.45) is 0 Å². The number of aryl methyl sites for hydroxylation is 1. The minimum absolute atomic E-state index is 0.162. The topological polar surface area (TPSA) is 109 Å². The molecule has 3 aromatic carbocycles. The summed E-state index contributed by atoms with van der Waals surface area (Å²) in [4.78, 5) is 39.0. The summed E-state index contributed by atoms with van der Waals surface area (Å²) in [5, 5.41) is 11.5. The van der Waals surface area contributed by atoms with Crippen LogP contribution in [0.1, 0.15) is 22.3 Å². The molecule has 0 bridgehead atoms. The minimum Gasteiger partial charge on any atom is -0.493 e. The second kappa shape index (κ2) is 9.93. The van der Waals surface area contributed by atoms with Gasteiger partial charge in [0.1, 0.15) is 12.2 Å². The van der Waals surface area contributed by atoms with E-state index >= 15 is 0 Å². The molecule has 1 saturated heterocycles. The van der Waals surface area contributed by atoms with Crippen LogP contribution in [0.25, 0.3) is 6.08 Å². The number of carbonyl (C=O) groups excluding carboxylic acids is 3. The lowest BCUT2D eigenvalue weighted by Gasteiger charge is -2.27. The fourth-order valence-electron chi connectivity index (χ4n) is 3.66. The molecule has 0 aliphatic carbocycles. The zero-order chi connectivity index (χ0) is 24.9. The van der Waals surface area contributed by atoms with E-state index in [1.54, 1.807) is 67.6 Å². The van der Waals surface area contributed by atoms with Crippen molar-refractivity contribution in [2.75, 3.05) is 12.0 Å². The SMILES string of the molecule is COc1cc(/C=C2\C(=O)NC(=O)N(c3ccccc3C)C2=O)ccc1OCc1ccccc1C#N. The van der Waals surface area contributed by atoms with E-state index in [1.807, 2.05) is 6.07 Å². The van der Waals surface area contributed by atoms with Crippen molar-refractivity contribution >= 4 is 29.6 Å². The molecule has 0 saturated carbocycles. The highest BCUT2D eigenvalue weighted by Gasteiger charge is 2.37. The third-order valence-electron chi connectivity index (χ3n) is 5.48. The molecule has 1 N–H and O–H groups in total. The van der Waals surface area contributed by atoms with E-state index < -0.39 is 17.8 Å². The first-order chi connectivity index (χ1) is 16.9. The van der Waals surface area contributed by atoms with Gasteiger partial charge in [-0.05, 0) is 48.4 Å². The smallest absolute Gasteiger partial charge is 0.335 e. The number of methoxy groups -OCH3 is 1. The molecule has 1 heterocycles. The standard InChI is InChI=1S/C27H21N3O5/c1-17-7-3-6-10-22(17)30-26(32)21(25(31)29-27(30)33)13-18-11-12-23(24(14-18)34-2)35-16-20-9-5-4-8-19(20)15-28/h3-14H,16H2,1-2H3,(H,29,31,33)/b21-13+. The Morgan fingerprint density at radius 1 is 1.00 bits per heavy atom. The highest BCUT2D eigenvalue weighted by atomic mass is 16.5. The lowest BCUT2D eigenvalue weighted by molar-refractivity contribution is -0.122. The Bertz CT molecular complexity index is 1400. The molecular weight excluding hydrogens is 446 g/mol. The summed E-state index contributed by atoms with van der Waals surface area (Å²) in [6, 6.07) is 20.3. The van der Waals surface area contributed by atoms with Crippen LogP contribution in [0.3, 0.4) is 0 Å². The van der Waals surface area contributed by atoms with Gasteiger partial charge in [-0.1, -0.05) is 42.5 Å². The van der Waals surface area contributed by atoms with Crippen LogP contribution in [0.15, 0.2) is 72.3 Å². The van der Waals surface area contributed by atoms with E-state index in [1.165, 1.54) is 13.2 Å². The Kier molecular flexibility index (Phi) is 6.60. The third-order valence-corrected chi connectivity index (χ3v) is 5.48. The highest BCUT2D eigenvalue weighted by molar-refractivity contribution is 6.39. The number of hydrogen-bond donors (Lipinski definition) is 1. The molecule has 0 unspecified atom stereocenters. The van der Waals surface area contributed by atoms with Crippen LogP contribution >= 0.6 is 0 Å². The predicted octanol–water partition coefficient (Wildman–Crippen LogP) is 4.12. The normalized spacial score (nSPS) is 14.5. The van der Waals surface area contributed by atoms with Gasteiger partial charge in [-0.25, -0.2) is 9.69 Å². The second-order valence-corrected chi connectivity index (χ2v) is 7.71. The van der Waals surface area contributed by atoms with Crippen LogP contribution in [-0.2, 0) is 16.2 Å². The van der Waals surface area contributed by atoms with Crippen molar-refractivity contribution in [3.05, 3.63) is 94.6 Å². The first-order valence-corrected chi connectivity index (χ1v) is 10.7. The number of ether oxygens (including phenoxy) is 2. The molecule has 4 rings (SSSR count). The summed E-state index contributed by atoms with van der Waals surface area (Å²) in [7, 11) is 1.47. The van der Waals surface area contributed by atoms with Crippen molar-refractivity contribution in [1.29, 1.82) is 5.26 Å². The van der Waals surface area contributed by atoms with Gasteiger partial charge >= 0.3 is 6.03 Å². The number of barbiturate groups is 1. The summed E-state index contributed by atoms with van der Waals surface area (Å²) < 4.78 is 11.3. The van der Waals surface area contributed by atoms with E-state index in [9.17, 15) is 19.6 Å². The predicted molar refractivity (Wildman–Crippen MR) is 129 cm³/mol. The summed E-state index contributed by atoms with van der Waals surface area (Å²) in [5.74, 6) is -0.694. The van der Waals surface area contributed by atoms with Crippen molar-refractivity contribution in [3.8, 4) is 17.6 Å². The molecule has 0 atom stereocenters. The molecule has 1 fully saturated rings. The average Bonchev–Trinajstić information content (AvgIpc) is 2.86. The van der Waals surface area contributed by atoms with Gasteiger partial charge in [-0.15, -0.1) is 0 Å². The quantitative estimate of drug-likeness (QED) is 0.432. The van der Waals surface area contributed by atoms with Gasteiger partial charge in [-0.3, -0.25) is 14.9 Å². The Morgan fingerprint density at radius 2 is 1.74 bits per heavy atom. The molecule has 0 spiro atoms. The van der Waals surface area contributed by atoms with Gasteiger partial charge in [0.15, 0.2) is 11.5 Å². The first-order valence-electron chi connectivity index (χ1n) is 10.7. The summed E-state index contributed by atoms with van der Waals surface area (Å²) in [6.07, 6.45) is 1.40. The summed E-state index contributed by atoms with van der Waals surface area (Å²) in [6.45, 7) is 1.93. The number of hydrogen-bond acceptors (Lipinski definition) is 6. The Hall–Kier alpha value is -4.90. The lowest BCUT2D eigenvalue weighted by atomic mass is 10.1. The van der Waals surface area contributed by atoms with E-state index in [0.717, 1.165) is 10.5 Å². The van der Waals surface area contributed by atoms with Crippen LogP contribution in [-0.4, -0.2) is 25.0 Å². The number of nitriles is 1. The van der Waals surface area contributed by atoms with Crippen LogP contribution in [0.2, 0.25) is 0 Å².